The number of fused-ring (bicyclic) bond motifs is 1. The van der Waals surface area contributed by atoms with E-state index in [1.807, 2.05) is 78.9 Å². The van der Waals surface area contributed by atoms with E-state index in [9.17, 15) is 9.59 Å². The molecule has 1 aliphatic heterocycles. The molecular formula is C23H21N3O2. The van der Waals surface area contributed by atoms with Gasteiger partial charge in [0, 0.05) is 18.7 Å². The van der Waals surface area contributed by atoms with Crippen LogP contribution in [0.15, 0.2) is 78.9 Å². The molecule has 4 rings (SSSR count). The Labute approximate surface area is 164 Å². The number of carbonyl (C=O) groups excluding carboxylic acids is 2. The smallest absolute Gasteiger partial charge is 0.247 e. The first-order chi connectivity index (χ1) is 13.7. The molecule has 1 aliphatic rings. The second-order valence-electron chi connectivity index (χ2n) is 6.80. The molecule has 1 heterocycles. The van der Waals surface area contributed by atoms with Crippen molar-refractivity contribution in [2.45, 2.75) is 19.0 Å². The van der Waals surface area contributed by atoms with Crippen LogP contribution in [0.2, 0.25) is 0 Å². The minimum atomic E-state index is -0.301. The number of hydrogen-bond donors (Lipinski definition) is 2. The molecule has 2 amide bonds. The van der Waals surface area contributed by atoms with Gasteiger partial charge in [0.15, 0.2) is 0 Å². The van der Waals surface area contributed by atoms with E-state index in [0.717, 1.165) is 28.2 Å². The van der Waals surface area contributed by atoms with Crippen LogP contribution in [0.3, 0.4) is 0 Å². The molecule has 3 aromatic rings. The Morgan fingerprint density at radius 1 is 0.893 bits per heavy atom. The maximum atomic E-state index is 12.9. The van der Waals surface area contributed by atoms with Crippen molar-refractivity contribution in [1.82, 2.24) is 0 Å². The lowest BCUT2D eigenvalue weighted by molar-refractivity contribution is -0.117. The van der Waals surface area contributed by atoms with Gasteiger partial charge in [0.1, 0.15) is 6.04 Å². The molecule has 0 aromatic heterocycles. The second kappa shape index (κ2) is 7.96. The third-order valence-electron chi connectivity index (χ3n) is 4.95. The lowest BCUT2D eigenvalue weighted by Gasteiger charge is -2.38. The minimum Gasteiger partial charge on any atom is -0.353 e. The van der Waals surface area contributed by atoms with Crippen molar-refractivity contribution in [3.8, 4) is 0 Å². The van der Waals surface area contributed by atoms with E-state index in [2.05, 4.69) is 15.5 Å². The van der Waals surface area contributed by atoms with Crippen molar-refractivity contribution in [1.29, 1.82) is 0 Å². The largest absolute Gasteiger partial charge is 0.353 e. The molecular weight excluding hydrogens is 350 g/mol. The van der Waals surface area contributed by atoms with Crippen LogP contribution in [-0.2, 0) is 22.6 Å². The Morgan fingerprint density at radius 3 is 2.36 bits per heavy atom. The molecule has 5 heteroatoms. The first kappa shape index (κ1) is 17.8. The maximum Gasteiger partial charge on any atom is 0.247 e. The van der Waals surface area contributed by atoms with Crippen molar-refractivity contribution in [2.24, 2.45) is 0 Å². The number of carbonyl (C=O) groups is 2. The zero-order valence-electron chi connectivity index (χ0n) is 15.3. The van der Waals surface area contributed by atoms with Crippen molar-refractivity contribution < 1.29 is 9.59 Å². The lowest BCUT2D eigenvalue weighted by Crippen LogP contribution is -2.49. The summed E-state index contributed by atoms with van der Waals surface area (Å²) in [4.78, 5) is 25.7. The third kappa shape index (κ3) is 3.74. The van der Waals surface area contributed by atoms with E-state index in [1.165, 1.54) is 0 Å². The minimum absolute atomic E-state index is 0.00166. The number of anilines is 3. The number of nitrogens with zero attached hydrogens (tertiary/aromatic N) is 1. The molecule has 0 saturated carbocycles. The van der Waals surface area contributed by atoms with Crippen molar-refractivity contribution in [3.05, 3.63) is 90.0 Å². The van der Waals surface area contributed by atoms with E-state index in [4.69, 9.17) is 0 Å². The number of hydrogen-bond acceptors (Lipinski definition) is 3. The fraction of sp³-hybridized carbons (Fsp3) is 0.130. The Hall–Kier alpha value is -3.60. The quantitative estimate of drug-likeness (QED) is 0.648. The average molecular weight is 371 g/mol. The van der Waals surface area contributed by atoms with Gasteiger partial charge in [-0.15, -0.1) is 0 Å². The third-order valence-corrected chi connectivity index (χ3v) is 4.95. The van der Waals surface area contributed by atoms with Crippen molar-refractivity contribution in [3.63, 3.8) is 0 Å². The molecule has 28 heavy (non-hydrogen) atoms. The van der Waals surface area contributed by atoms with Gasteiger partial charge in [-0.25, -0.2) is 0 Å². The van der Waals surface area contributed by atoms with Crippen molar-refractivity contribution >= 4 is 29.4 Å². The van der Waals surface area contributed by atoms with Crippen LogP contribution in [0.25, 0.3) is 0 Å². The molecule has 1 atom stereocenters. The topological polar surface area (TPSA) is 61.4 Å². The van der Waals surface area contributed by atoms with Crippen LogP contribution in [0.1, 0.15) is 11.1 Å². The van der Waals surface area contributed by atoms with Crippen LogP contribution in [-0.4, -0.2) is 18.4 Å². The number of benzene rings is 3. The standard InChI is InChI=1S/C23H21N3O2/c27-16-24-19-12-10-18(11-13-19)15-26-21-9-5-4-8-20(21)25-23(28)22(26)14-17-6-2-1-3-7-17/h1-13,16,22H,14-15H2,(H,24,27)(H,25,28). The molecule has 5 nitrogen and oxygen atoms in total. The lowest BCUT2D eigenvalue weighted by atomic mass is 9.99. The Balaban J connectivity index is 1.66. The predicted molar refractivity (Wildman–Crippen MR) is 111 cm³/mol. The fourth-order valence-electron chi connectivity index (χ4n) is 3.56. The molecule has 0 saturated heterocycles. The summed E-state index contributed by atoms with van der Waals surface area (Å²) in [6.07, 6.45) is 1.29. The molecule has 3 aromatic carbocycles. The summed E-state index contributed by atoms with van der Waals surface area (Å²) in [5.74, 6) is 0.00166. The highest BCUT2D eigenvalue weighted by Gasteiger charge is 2.32. The van der Waals surface area contributed by atoms with E-state index in [1.54, 1.807) is 0 Å². The summed E-state index contributed by atoms with van der Waals surface area (Å²) in [7, 11) is 0. The Kier molecular flexibility index (Phi) is 5.06. The van der Waals surface area contributed by atoms with Gasteiger partial charge in [-0.1, -0.05) is 54.6 Å². The van der Waals surface area contributed by atoms with E-state index in [0.29, 0.717) is 19.4 Å². The van der Waals surface area contributed by atoms with Gasteiger partial charge in [0.2, 0.25) is 12.3 Å². The summed E-state index contributed by atoms with van der Waals surface area (Å²) in [5, 5.41) is 5.69. The van der Waals surface area contributed by atoms with Gasteiger partial charge < -0.3 is 15.5 Å². The van der Waals surface area contributed by atoms with Crippen LogP contribution in [0, 0.1) is 0 Å². The molecule has 2 N–H and O–H groups in total. The summed E-state index contributed by atoms with van der Waals surface area (Å²) in [6.45, 7) is 0.600. The highest BCUT2D eigenvalue weighted by molar-refractivity contribution is 6.03. The van der Waals surface area contributed by atoms with Crippen LogP contribution >= 0.6 is 0 Å². The molecule has 0 bridgehead atoms. The molecule has 140 valence electrons. The molecule has 0 spiro atoms. The van der Waals surface area contributed by atoms with Crippen LogP contribution < -0.4 is 15.5 Å². The molecule has 0 fully saturated rings. The normalized spacial score (nSPS) is 15.5. The zero-order chi connectivity index (χ0) is 19.3. The number of rotatable bonds is 6. The maximum absolute atomic E-state index is 12.9. The molecule has 0 aliphatic carbocycles. The van der Waals surface area contributed by atoms with Crippen LogP contribution in [0.4, 0.5) is 17.1 Å². The monoisotopic (exact) mass is 371 g/mol. The summed E-state index contributed by atoms with van der Waals surface area (Å²) < 4.78 is 0. The first-order valence-corrected chi connectivity index (χ1v) is 9.24. The van der Waals surface area contributed by atoms with Crippen molar-refractivity contribution in [2.75, 3.05) is 15.5 Å². The highest BCUT2D eigenvalue weighted by Crippen LogP contribution is 2.34. The highest BCUT2D eigenvalue weighted by atomic mass is 16.2. The SMILES string of the molecule is O=CNc1ccc(CN2c3ccccc3NC(=O)C2Cc2ccccc2)cc1. The van der Waals surface area contributed by atoms with Gasteiger partial charge in [-0.2, -0.15) is 0 Å². The predicted octanol–water partition coefficient (Wildman–Crippen LogP) is 3.82. The van der Waals surface area contributed by atoms with Gasteiger partial charge in [-0.05, 0) is 35.4 Å². The zero-order valence-corrected chi connectivity index (χ0v) is 15.3. The van der Waals surface area contributed by atoms with E-state index >= 15 is 0 Å². The second-order valence-corrected chi connectivity index (χ2v) is 6.80. The van der Waals surface area contributed by atoms with Gasteiger partial charge in [-0.3, -0.25) is 9.59 Å². The summed E-state index contributed by atoms with van der Waals surface area (Å²) in [6, 6.07) is 25.3. The van der Waals surface area contributed by atoms with E-state index < -0.39 is 0 Å². The molecule has 1 unspecified atom stereocenters. The first-order valence-electron chi connectivity index (χ1n) is 9.24. The fourth-order valence-corrected chi connectivity index (χ4v) is 3.56. The van der Waals surface area contributed by atoms with E-state index in [-0.39, 0.29) is 11.9 Å². The summed E-state index contributed by atoms with van der Waals surface area (Å²) in [5.41, 5.74) is 4.78. The average Bonchev–Trinajstić information content (AvgIpc) is 2.73. The molecule has 0 radical (unpaired) electrons. The van der Waals surface area contributed by atoms with Gasteiger partial charge in [0.25, 0.3) is 0 Å². The Bertz CT molecular complexity index is 971. The van der Waals surface area contributed by atoms with Crippen LogP contribution in [0.5, 0.6) is 0 Å². The van der Waals surface area contributed by atoms with Gasteiger partial charge >= 0.3 is 0 Å². The van der Waals surface area contributed by atoms with Gasteiger partial charge in [0.05, 0.1) is 11.4 Å². The Morgan fingerprint density at radius 2 is 1.61 bits per heavy atom. The number of nitrogens with one attached hydrogen (secondary N) is 2. The number of amides is 2. The summed E-state index contributed by atoms with van der Waals surface area (Å²) >= 11 is 0. The number of para-hydroxylation sites is 2.